The Bertz CT molecular complexity index is 193. The molecule has 0 atom stereocenters. The predicted molar refractivity (Wildman–Crippen MR) is 55.2 cm³/mol. The highest BCUT2D eigenvalue weighted by Gasteiger charge is 2.18. The van der Waals surface area contributed by atoms with Gasteiger partial charge >= 0.3 is 0 Å². The van der Waals surface area contributed by atoms with Crippen LogP contribution in [0.3, 0.4) is 0 Å². The molecule has 0 aliphatic heterocycles. The van der Waals surface area contributed by atoms with E-state index in [1.54, 1.807) is 0 Å². The summed E-state index contributed by atoms with van der Waals surface area (Å²) in [7, 11) is 0. The average molecular weight is 181 g/mol. The van der Waals surface area contributed by atoms with Crippen molar-refractivity contribution >= 4 is 5.91 Å². The van der Waals surface area contributed by atoms with Gasteiger partial charge in [0, 0.05) is 24.9 Å². The number of carbonyl (C=O) groups is 1. The quantitative estimate of drug-likeness (QED) is 0.608. The maximum Gasteiger partial charge on any atom is 0.223 e. The van der Waals surface area contributed by atoms with Gasteiger partial charge in [0.15, 0.2) is 0 Å². The fourth-order valence-corrected chi connectivity index (χ4v) is 1.48. The van der Waals surface area contributed by atoms with Crippen molar-refractivity contribution < 1.29 is 4.79 Å². The number of carbonyl (C=O) groups excluding carboxylic acids is 1. The van der Waals surface area contributed by atoms with Crippen LogP contribution in [-0.2, 0) is 4.79 Å². The van der Waals surface area contributed by atoms with Crippen molar-refractivity contribution in [1.82, 2.24) is 4.90 Å². The van der Waals surface area contributed by atoms with Gasteiger partial charge in [0.1, 0.15) is 0 Å². The molecule has 0 aliphatic rings. The summed E-state index contributed by atoms with van der Waals surface area (Å²) in [4.78, 5) is 13.5. The summed E-state index contributed by atoms with van der Waals surface area (Å²) >= 11 is 0. The lowest BCUT2D eigenvalue weighted by Gasteiger charge is -2.30. The second kappa shape index (κ2) is 5.64. The Kier molecular flexibility index (Phi) is 5.22. The van der Waals surface area contributed by atoms with Gasteiger partial charge in [0.25, 0.3) is 0 Å². The first-order chi connectivity index (χ1) is 6.00. The lowest BCUT2D eigenvalue weighted by Crippen LogP contribution is -2.41. The van der Waals surface area contributed by atoms with Crippen molar-refractivity contribution in [3.05, 3.63) is 0 Å². The zero-order valence-electron chi connectivity index (χ0n) is 9.00. The lowest BCUT2D eigenvalue weighted by atomic mass is 10.2. The van der Waals surface area contributed by atoms with E-state index in [0.717, 1.165) is 0 Å². The second-order valence-electron chi connectivity index (χ2n) is 3.69. The largest absolute Gasteiger partial charge is 0.338 e. The van der Waals surface area contributed by atoms with Gasteiger partial charge in [-0.2, -0.15) is 0 Å². The van der Waals surface area contributed by atoms with Crippen molar-refractivity contribution in [1.29, 1.82) is 0 Å². The monoisotopic (exact) mass is 181 g/mol. The summed E-state index contributed by atoms with van der Waals surface area (Å²) in [6.45, 7) is 8.09. The van der Waals surface area contributed by atoms with Crippen LogP contribution < -0.4 is 0 Å². The lowest BCUT2D eigenvalue weighted by molar-refractivity contribution is -0.134. The first kappa shape index (κ1) is 12.0. The molecule has 0 heterocycles. The molecule has 0 aromatic carbocycles. The highest BCUT2D eigenvalue weighted by molar-refractivity contribution is 5.77. The molecule has 1 amide bonds. The van der Waals surface area contributed by atoms with Gasteiger partial charge in [-0.3, -0.25) is 4.79 Å². The van der Waals surface area contributed by atoms with E-state index in [1.165, 1.54) is 0 Å². The van der Waals surface area contributed by atoms with E-state index in [1.807, 2.05) is 32.6 Å². The summed E-state index contributed by atoms with van der Waals surface area (Å²) in [6, 6.07) is 0.510. The number of amides is 1. The molecule has 0 aliphatic carbocycles. The molecule has 2 nitrogen and oxygen atoms in total. The van der Waals surface area contributed by atoms with Crippen LogP contribution in [0, 0.1) is 12.3 Å². The summed E-state index contributed by atoms with van der Waals surface area (Å²) in [6.07, 6.45) is 6.11. The van der Waals surface area contributed by atoms with Crippen LogP contribution >= 0.6 is 0 Å². The molecule has 13 heavy (non-hydrogen) atoms. The minimum absolute atomic E-state index is 0.156. The molecule has 0 unspecified atom stereocenters. The highest BCUT2D eigenvalue weighted by Crippen LogP contribution is 2.08. The van der Waals surface area contributed by atoms with Crippen LogP contribution in [0.1, 0.15) is 40.5 Å². The van der Waals surface area contributed by atoms with E-state index in [0.29, 0.717) is 12.8 Å². The van der Waals surface area contributed by atoms with Crippen LogP contribution in [0.4, 0.5) is 0 Å². The smallest absolute Gasteiger partial charge is 0.223 e. The van der Waals surface area contributed by atoms with Crippen LogP contribution in [0.15, 0.2) is 0 Å². The summed E-state index contributed by atoms with van der Waals surface area (Å²) in [5.41, 5.74) is 0. The minimum atomic E-state index is 0.156. The fourth-order valence-electron chi connectivity index (χ4n) is 1.48. The van der Waals surface area contributed by atoms with Gasteiger partial charge in [0.05, 0.1) is 0 Å². The zero-order valence-corrected chi connectivity index (χ0v) is 9.00. The molecule has 0 radical (unpaired) electrons. The van der Waals surface area contributed by atoms with Crippen molar-refractivity contribution in [2.75, 3.05) is 0 Å². The van der Waals surface area contributed by atoms with Crippen LogP contribution in [0.2, 0.25) is 0 Å². The summed E-state index contributed by atoms with van der Waals surface area (Å²) in [5, 5.41) is 0. The van der Waals surface area contributed by atoms with Gasteiger partial charge in [-0.15, -0.1) is 12.3 Å². The Morgan fingerprint density at radius 1 is 1.31 bits per heavy atom. The van der Waals surface area contributed by atoms with E-state index in [-0.39, 0.29) is 18.0 Å². The van der Waals surface area contributed by atoms with E-state index >= 15 is 0 Å². The molecule has 0 saturated heterocycles. The van der Waals surface area contributed by atoms with Crippen LogP contribution in [0.5, 0.6) is 0 Å². The zero-order chi connectivity index (χ0) is 10.4. The molecule has 74 valence electrons. The highest BCUT2D eigenvalue weighted by atomic mass is 16.2. The molecular weight excluding hydrogens is 162 g/mol. The Labute approximate surface area is 81.3 Å². The summed E-state index contributed by atoms with van der Waals surface area (Å²) in [5.74, 6) is 2.64. The molecule has 0 rings (SSSR count). The molecule has 0 saturated carbocycles. The van der Waals surface area contributed by atoms with E-state index in [2.05, 4.69) is 5.92 Å². The normalized spacial score (nSPS) is 10.2. The topological polar surface area (TPSA) is 20.3 Å². The Hall–Kier alpha value is -0.970. The standard InChI is InChI=1S/C11H19NO/c1-6-7-8-11(13)12(9(2)3)10(4)5/h1,9-10H,7-8H2,2-5H3. The van der Waals surface area contributed by atoms with Crippen molar-refractivity contribution in [3.8, 4) is 12.3 Å². The third kappa shape index (κ3) is 3.98. The number of nitrogens with zero attached hydrogens (tertiary/aromatic N) is 1. The Morgan fingerprint density at radius 2 is 1.77 bits per heavy atom. The van der Waals surface area contributed by atoms with Crippen LogP contribution in [-0.4, -0.2) is 22.9 Å². The van der Waals surface area contributed by atoms with E-state index in [9.17, 15) is 4.79 Å². The number of hydrogen-bond acceptors (Lipinski definition) is 1. The van der Waals surface area contributed by atoms with Gasteiger partial charge in [-0.05, 0) is 27.7 Å². The van der Waals surface area contributed by atoms with Crippen molar-refractivity contribution in [3.63, 3.8) is 0 Å². The SMILES string of the molecule is C#CCCC(=O)N(C(C)C)C(C)C. The number of terminal acetylenes is 1. The van der Waals surface area contributed by atoms with Crippen molar-refractivity contribution in [2.45, 2.75) is 52.6 Å². The van der Waals surface area contributed by atoms with E-state index in [4.69, 9.17) is 6.42 Å². The fraction of sp³-hybridized carbons (Fsp3) is 0.727. The first-order valence-electron chi connectivity index (χ1n) is 4.75. The maximum absolute atomic E-state index is 11.6. The van der Waals surface area contributed by atoms with Gasteiger partial charge in [-0.1, -0.05) is 0 Å². The Balaban J connectivity index is 4.22. The van der Waals surface area contributed by atoms with Gasteiger partial charge in [0.2, 0.25) is 5.91 Å². The summed E-state index contributed by atoms with van der Waals surface area (Å²) < 4.78 is 0. The maximum atomic E-state index is 11.6. The second-order valence-corrected chi connectivity index (χ2v) is 3.69. The van der Waals surface area contributed by atoms with Crippen molar-refractivity contribution in [2.24, 2.45) is 0 Å². The predicted octanol–water partition coefficient (Wildman–Crippen LogP) is 2.05. The molecule has 0 aromatic heterocycles. The molecule has 0 fully saturated rings. The molecular formula is C11H19NO. The van der Waals surface area contributed by atoms with Gasteiger partial charge in [-0.25, -0.2) is 0 Å². The molecule has 0 bridgehead atoms. The third-order valence-corrected chi connectivity index (χ3v) is 1.88. The molecule has 0 N–H and O–H groups in total. The number of hydrogen-bond donors (Lipinski definition) is 0. The average Bonchev–Trinajstić information content (AvgIpc) is 1.99. The molecule has 2 heteroatoms. The van der Waals surface area contributed by atoms with Crippen LogP contribution in [0.25, 0.3) is 0 Å². The Morgan fingerprint density at radius 3 is 2.08 bits per heavy atom. The third-order valence-electron chi connectivity index (χ3n) is 1.88. The molecule has 0 aromatic rings. The molecule has 0 spiro atoms. The minimum Gasteiger partial charge on any atom is -0.338 e. The van der Waals surface area contributed by atoms with E-state index < -0.39 is 0 Å². The first-order valence-corrected chi connectivity index (χ1v) is 4.75. The number of rotatable bonds is 4. The van der Waals surface area contributed by atoms with Gasteiger partial charge < -0.3 is 4.90 Å².